The Morgan fingerprint density at radius 3 is 2.21 bits per heavy atom. The summed E-state index contributed by atoms with van der Waals surface area (Å²) in [7, 11) is 1.35. The van der Waals surface area contributed by atoms with Crippen molar-refractivity contribution in [3.8, 4) is 0 Å². The number of rotatable bonds is 9. The molecule has 29 heavy (non-hydrogen) atoms. The summed E-state index contributed by atoms with van der Waals surface area (Å²) in [4.78, 5) is 27.0. The summed E-state index contributed by atoms with van der Waals surface area (Å²) in [5, 5.41) is 2.96. The molecule has 1 unspecified atom stereocenters. The molecule has 0 aliphatic heterocycles. The number of methoxy groups -OCH3 is 1. The van der Waals surface area contributed by atoms with Crippen molar-refractivity contribution in [1.82, 2.24) is 10.2 Å². The SMILES string of the molecule is CCN(Cc1ccc(C(=O)NC(CC(=O)OC)c2ccc(Br)cc2)cc1)C(C)C. The number of amides is 1. The molecule has 0 saturated heterocycles. The van der Waals surface area contributed by atoms with Gasteiger partial charge in [-0.2, -0.15) is 0 Å². The molecular weight excluding hydrogens is 432 g/mol. The van der Waals surface area contributed by atoms with E-state index in [4.69, 9.17) is 4.74 Å². The fourth-order valence-electron chi connectivity index (χ4n) is 3.09. The van der Waals surface area contributed by atoms with Crippen LogP contribution in [-0.2, 0) is 16.1 Å². The Morgan fingerprint density at radius 2 is 1.69 bits per heavy atom. The summed E-state index contributed by atoms with van der Waals surface area (Å²) < 4.78 is 5.72. The molecule has 2 rings (SSSR count). The Bertz CT molecular complexity index is 804. The lowest BCUT2D eigenvalue weighted by molar-refractivity contribution is -0.141. The first kappa shape index (κ1) is 23.1. The third-order valence-corrected chi connectivity index (χ3v) is 5.44. The van der Waals surface area contributed by atoms with Gasteiger partial charge in [-0.25, -0.2) is 0 Å². The first-order chi connectivity index (χ1) is 13.8. The third kappa shape index (κ3) is 6.98. The monoisotopic (exact) mass is 460 g/mol. The minimum atomic E-state index is -0.459. The van der Waals surface area contributed by atoms with Crippen molar-refractivity contribution >= 4 is 27.8 Å². The normalized spacial score (nSPS) is 12.1. The van der Waals surface area contributed by atoms with Crippen LogP contribution in [0.1, 0.15) is 54.7 Å². The molecule has 1 atom stereocenters. The van der Waals surface area contributed by atoms with Gasteiger partial charge in [-0.1, -0.05) is 47.1 Å². The molecular formula is C23H29BrN2O3. The standard InChI is InChI=1S/C23H29BrN2O3/c1-5-26(16(2)3)15-17-6-8-19(9-7-17)23(28)25-21(14-22(27)29-4)18-10-12-20(24)13-11-18/h6-13,16,21H,5,14-15H2,1-4H3,(H,25,28). The minimum absolute atomic E-state index is 0.0712. The van der Waals surface area contributed by atoms with Crippen LogP contribution < -0.4 is 5.32 Å². The van der Waals surface area contributed by atoms with Gasteiger partial charge in [0.1, 0.15) is 0 Å². The highest BCUT2D eigenvalue weighted by molar-refractivity contribution is 9.10. The molecule has 0 aliphatic rings. The molecule has 2 aromatic carbocycles. The molecule has 5 nitrogen and oxygen atoms in total. The molecule has 0 fully saturated rings. The summed E-state index contributed by atoms with van der Waals surface area (Å²) in [5.74, 6) is -0.591. The van der Waals surface area contributed by atoms with Crippen LogP contribution >= 0.6 is 15.9 Å². The number of nitrogens with zero attached hydrogens (tertiary/aromatic N) is 1. The summed E-state index contributed by atoms with van der Waals surface area (Å²) >= 11 is 3.40. The number of halogens is 1. The van der Waals surface area contributed by atoms with Crippen molar-refractivity contribution in [3.63, 3.8) is 0 Å². The number of ether oxygens (including phenoxy) is 1. The zero-order valence-electron chi connectivity index (χ0n) is 17.4. The predicted octanol–water partition coefficient (Wildman–Crippen LogP) is 4.71. The summed E-state index contributed by atoms with van der Waals surface area (Å²) in [6.07, 6.45) is 0.0712. The first-order valence-corrected chi connectivity index (χ1v) is 10.6. The zero-order valence-corrected chi connectivity index (χ0v) is 19.0. The molecule has 6 heteroatoms. The van der Waals surface area contributed by atoms with Crippen LogP contribution in [0.25, 0.3) is 0 Å². The summed E-state index contributed by atoms with van der Waals surface area (Å²) in [6.45, 7) is 8.32. The van der Waals surface area contributed by atoms with Crippen LogP contribution in [0, 0.1) is 0 Å². The second-order valence-corrected chi connectivity index (χ2v) is 8.13. The van der Waals surface area contributed by atoms with Gasteiger partial charge in [-0.3, -0.25) is 14.5 Å². The Labute approximate surface area is 181 Å². The van der Waals surface area contributed by atoms with Crippen LogP contribution in [0.3, 0.4) is 0 Å². The lowest BCUT2D eigenvalue weighted by Crippen LogP contribution is -2.31. The average Bonchev–Trinajstić information content (AvgIpc) is 2.72. The highest BCUT2D eigenvalue weighted by atomic mass is 79.9. The van der Waals surface area contributed by atoms with Crippen molar-refractivity contribution in [2.24, 2.45) is 0 Å². The predicted molar refractivity (Wildman–Crippen MR) is 119 cm³/mol. The number of carbonyl (C=O) groups excluding carboxylic acids is 2. The van der Waals surface area contributed by atoms with E-state index in [1.165, 1.54) is 7.11 Å². The molecule has 0 spiro atoms. The minimum Gasteiger partial charge on any atom is -0.469 e. The Balaban J connectivity index is 2.11. The van der Waals surface area contributed by atoms with Gasteiger partial charge in [0, 0.05) is 22.6 Å². The number of carbonyl (C=O) groups is 2. The molecule has 0 aliphatic carbocycles. The number of nitrogens with one attached hydrogen (secondary N) is 1. The Morgan fingerprint density at radius 1 is 1.07 bits per heavy atom. The number of hydrogen-bond donors (Lipinski definition) is 1. The van der Waals surface area contributed by atoms with E-state index in [0.29, 0.717) is 11.6 Å². The van der Waals surface area contributed by atoms with Crippen molar-refractivity contribution in [1.29, 1.82) is 0 Å². The van der Waals surface area contributed by atoms with Gasteiger partial charge in [0.15, 0.2) is 0 Å². The zero-order chi connectivity index (χ0) is 21.4. The van der Waals surface area contributed by atoms with Crippen LogP contribution in [0.4, 0.5) is 0 Å². The van der Waals surface area contributed by atoms with Gasteiger partial charge in [-0.15, -0.1) is 0 Å². The van der Waals surface area contributed by atoms with Crippen molar-refractivity contribution in [2.75, 3.05) is 13.7 Å². The van der Waals surface area contributed by atoms with E-state index in [-0.39, 0.29) is 18.3 Å². The van der Waals surface area contributed by atoms with Gasteiger partial charge < -0.3 is 10.1 Å². The van der Waals surface area contributed by atoms with E-state index < -0.39 is 6.04 Å². The topological polar surface area (TPSA) is 58.6 Å². The van der Waals surface area contributed by atoms with Crippen LogP contribution in [-0.4, -0.2) is 36.5 Å². The fourth-order valence-corrected chi connectivity index (χ4v) is 3.36. The molecule has 2 aromatic rings. The highest BCUT2D eigenvalue weighted by Gasteiger charge is 2.20. The quantitative estimate of drug-likeness (QED) is 0.550. The van der Waals surface area contributed by atoms with Crippen molar-refractivity contribution in [2.45, 2.75) is 45.8 Å². The van der Waals surface area contributed by atoms with Gasteiger partial charge in [0.25, 0.3) is 5.91 Å². The molecule has 1 N–H and O–H groups in total. The molecule has 0 aromatic heterocycles. The average molecular weight is 461 g/mol. The maximum atomic E-state index is 12.8. The van der Waals surface area contributed by atoms with Gasteiger partial charge in [0.05, 0.1) is 19.6 Å². The van der Waals surface area contributed by atoms with Crippen molar-refractivity contribution in [3.05, 3.63) is 69.7 Å². The van der Waals surface area contributed by atoms with E-state index in [0.717, 1.165) is 28.7 Å². The molecule has 0 bridgehead atoms. The molecule has 0 saturated carbocycles. The maximum Gasteiger partial charge on any atom is 0.307 e. The maximum absolute atomic E-state index is 12.8. The van der Waals surface area contributed by atoms with Gasteiger partial charge >= 0.3 is 5.97 Å². The first-order valence-electron chi connectivity index (χ1n) is 9.80. The Hall–Kier alpha value is -2.18. The number of esters is 1. The van der Waals surface area contributed by atoms with Crippen LogP contribution in [0.15, 0.2) is 53.0 Å². The lowest BCUT2D eigenvalue weighted by atomic mass is 10.0. The summed E-state index contributed by atoms with van der Waals surface area (Å²) in [6, 6.07) is 15.2. The van der Waals surface area contributed by atoms with E-state index in [9.17, 15) is 9.59 Å². The molecule has 156 valence electrons. The van der Waals surface area contributed by atoms with Crippen molar-refractivity contribution < 1.29 is 14.3 Å². The van der Waals surface area contributed by atoms with Gasteiger partial charge in [-0.05, 0) is 55.8 Å². The largest absolute Gasteiger partial charge is 0.469 e. The second-order valence-electron chi connectivity index (χ2n) is 7.21. The van der Waals surface area contributed by atoms with Crippen LogP contribution in [0.5, 0.6) is 0 Å². The van der Waals surface area contributed by atoms with E-state index in [1.807, 2.05) is 48.5 Å². The van der Waals surface area contributed by atoms with E-state index in [2.05, 4.69) is 46.9 Å². The Kier molecular flexibility index (Phi) is 8.86. The van der Waals surface area contributed by atoms with Crippen LogP contribution in [0.2, 0.25) is 0 Å². The molecule has 1 amide bonds. The second kappa shape index (κ2) is 11.1. The van der Waals surface area contributed by atoms with Gasteiger partial charge in [0.2, 0.25) is 0 Å². The lowest BCUT2D eigenvalue weighted by Gasteiger charge is -2.24. The number of hydrogen-bond acceptors (Lipinski definition) is 4. The third-order valence-electron chi connectivity index (χ3n) is 4.91. The van der Waals surface area contributed by atoms with E-state index in [1.54, 1.807) is 0 Å². The highest BCUT2D eigenvalue weighted by Crippen LogP contribution is 2.21. The smallest absolute Gasteiger partial charge is 0.307 e. The number of benzene rings is 2. The molecule has 0 heterocycles. The fraction of sp³-hybridized carbons (Fsp3) is 0.391. The van der Waals surface area contributed by atoms with E-state index >= 15 is 0 Å². The molecule has 0 radical (unpaired) electrons. The summed E-state index contributed by atoms with van der Waals surface area (Å²) in [5.41, 5.74) is 2.57.